The predicted molar refractivity (Wildman–Crippen MR) is 163 cm³/mol. The molecule has 0 saturated carbocycles. The largest absolute Gasteiger partial charge is 0.493 e. The molecule has 0 radical (unpaired) electrons. The van der Waals surface area contributed by atoms with Crippen LogP contribution in [0.15, 0.2) is 89.3 Å². The van der Waals surface area contributed by atoms with Gasteiger partial charge in [0.1, 0.15) is 6.61 Å². The number of alkyl halides is 3. The van der Waals surface area contributed by atoms with E-state index in [4.69, 9.17) is 21.1 Å². The van der Waals surface area contributed by atoms with E-state index in [1.165, 1.54) is 36.8 Å². The van der Waals surface area contributed by atoms with Gasteiger partial charge in [0.05, 0.1) is 36.0 Å². The number of methoxy groups -OCH3 is 1. The van der Waals surface area contributed by atoms with Crippen LogP contribution in [-0.4, -0.2) is 24.2 Å². The fourth-order valence-electron chi connectivity index (χ4n) is 4.25. The molecule has 5 rings (SSSR count). The molecule has 7 nitrogen and oxygen atoms in total. The molecule has 220 valence electrons. The van der Waals surface area contributed by atoms with E-state index in [2.05, 4.69) is 20.8 Å². The van der Waals surface area contributed by atoms with Crippen LogP contribution in [0.2, 0.25) is 5.02 Å². The van der Waals surface area contributed by atoms with Gasteiger partial charge in [0.25, 0.3) is 0 Å². The molecule has 0 saturated heterocycles. The summed E-state index contributed by atoms with van der Waals surface area (Å²) in [6, 6.07) is 22.1. The summed E-state index contributed by atoms with van der Waals surface area (Å²) in [5.41, 5.74) is 3.91. The second-order valence-electron chi connectivity index (χ2n) is 9.28. The Kier molecular flexibility index (Phi) is 9.13. The van der Waals surface area contributed by atoms with Crippen molar-refractivity contribution in [2.45, 2.75) is 19.2 Å². The number of nitrogens with one attached hydrogen (secondary N) is 2. The molecular formula is C31H24ClF3N4O3S. The van der Waals surface area contributed by atoms with Gasteiger partial charge in [0.15, 0.2) is 16.6 Å². The molecule has 0 spiro atoms. The first-order chi connectivity index (χ1) is 20.7. The van der Waals surface area contributed by atoms with Crippen molar-refractivity contribution < 1.29 is 27.4 Å². The minimum absolute atomic E-state index is 0.0802. The summed E-state index contributed by atoms with van der Waals surface area (Å²) in [7, 11) is 1.50. The molecule has 0 bridgehead atoms. The van der Waals surface area contributed by atoms with Crippen LogP contribution in [0.25, 0.3) is 10.8 Å². The average Bonchev–Trinajstić information content (AvgIpc) is 3.42. The molecule has 1 amide bonds. The van der Waals surface area contributed by atoms with Crippen molar-refractivity contribution in [3.8, 4) is 11.5 Å². The van der Waals surface area contributed by atoms with Crippen LogP contribution in [0, 0.1) is 0 Å². The number of halogens is 4. The van der Waals surface area contributed by atoms with Gasteiger partial charge >= 0.3 is 6.18 Å². The van der Waals surface area contributed by atoms with Gasteiger partial charge in [-0.1, -0.05) is 60.1 Å². The van der Waals surface area contributed by atoms with Crippen LogP contribution < -0.4 is 20.2 Å². The third-order valence-electron chi connectivity index (χ3n) is 6.24. The number of rotatable bonds is 10. The van der Waals surface area contributed by atoms with Crippen LogP contribution in [0.1, 0.15) is 22.4 Å². The van der Waals surface area contributed by atoms with Gasteiger partial charge in [-0.15, -0.1) is 11.3 Å². The van der Waals surface area contributed by atoms with E-state index in [-0.39, 0.29) is 18.7 Å². The average molecular weight is 625 g/mol. The zero-order valence-electron chi connectivity index (χ0n) is 22.6. The van der Waals surface area contributed by atoms with Crippen LogP contribution in [-0.2, 0) is 24.0 Å². The van der Waals surface area contributed by atoms with E-state index in [0.717, 1.165) is 28.5 Å². The molecule has 2 N–H and O–H groups in total. The first kappa shape index (κ1) is 29.9. The maximum absolute atomic E-state index is 13.0. The summed E-state index contributed by atoms with van der Waals surface area (Å²) in [5.74, 6) is 0.362. The summed E-state index contributed by atoms with van der Waals surface area (Å²) >= 11 is 7.68. The number of carbonyl (C=O) groups excluding carboxylic acids is 1. The van der Waals surface area contributed by atoms with Crippen molar-refractivity contribution >= 4 is 56.7 Å². The summed E-state index contributed by atoms with van der Waals surface area (Å²) < 4.78 is 50.4. The highest BCUT2D eigenvalue weighted by Gasteiger charge is 2.30. The zero-order valence-corrected chi connectivity index (χ0v) is 24.2. The zero-order chi connectivity index (χ0) is 30.4. The number of carbonyl (C=O) groups is 1. The Hall–Kier alpha value is -4.61. The number of thiazole rings is 1. The SMILES string of the molecule is COc1cc(/C=N\NC(=O)Cc2csc(Nc3cccc(C(F)(F)F)c3)n2)cc(Cl)c1OCc1cccc2ccccc12. The van der Waals surface area contributed by atoms with Crippen molar-refractivity contribution in [3.05, 3.63) is 112 Å². The molecule has 12 heteroatoms. The molecule has 0 aliphatic rings. The molecule has 0 unspecified atom stereocenters. The van der Waals surface area contributed by atoms with Crippen molar-refractivity contribution in [3.63, 3.8) is 0 Å². The Bertz CT molecular complexity index is 1790. The lowest BCUT2D eigenvalue weighted by atomic mass is 10.1. The van der Waals surface area contributed by atoms with Crippen LogP contribution >= 0.6 is 22.9 Å². The molecule has 4 aromatic carbocycles. The van der Waals surface area contributed by atoms with Gasteiger partial charge in [-0.25, -0.2) is 10.4 Å². The normalized spacial score (nSPS) is 11.6. The van der Waals surface area contributed by atoms with Crippen molar-refractivity contribution in [2.24, 2.45) is 5.10 Å². The monoisotopic (exact) mass is 624 g/mol. The quantitative estimate of drug-likeness (QED) is 0.122. The lowest BCUT2D eigenvalue weighted by Crippen LogP contribution is -2.20. The van der Waals surface area contributed by atoms with Gasteiger partial charge in [-0.3, -0.25) is 4.79 Å². The van der Waals surface area contributed by atoms with E-state index in [0.29, 0.717) is 32.9 Å². The summed E-state index contributed by atoms with van der Waals surface area (Å²) in [5, 5.41) is 11.3. The van der Waals surface area contributed by atoms with Crippen molar-refractivity contribution in [1.29, 1.82) is 0 Å². The van der Waals surface area contributed by atoms with Gasteiger partial charge in [-0.05, 0) is 52.2 Å². The van der Waals surface area contributed by atoms with Crippen LogP contribution in [0.5, 0.6) is 11.5 Å². The van der Waals surface area contributed by atoms with Gasteiger partial charge < -0.3 is 14.8 Å². The number of fused-ring (bicyclic) bond motifs is 1. The Morgan fingerprint density at radius 2 is 1.86 bits per heavy atom. The second kappa shape index (κ2) is 13.1. The lowest BCUT2D eigenvalue weighted by molar-refractivity contribution is -0.137. The number of hydrazone groups is 1. The first-order valence-corrected chi connectivity index (χ1v) is 14.1. The number of amides is 1. The molecule has 5 aromatic rings. The number of hydrogen-bond donors (Lipinski definition) is 2. The summed E-state index contributed by atoms with van der Waals surface area (Å²) in [4.78, 5) is 16.7. The maximum atomic E-state index is 13.0. The molecular weight excluding hydrogens is 601 g/mol. The smallest absolute Gasteiger partial charge is 0.416 e. The number of aromatic nitrogens is 1. The van der Waals surface area contributed by atoms with Gasteiger partial charge in [0, 0.05) is 11.1 Å². The fraction of sp³-hybridized carbons (Fsp3) is 0.129. The highest BCUT2D eigenvalue weighted by Crippen LogP contribution is 2.37. The van der Waals surface area contributed by atoms with E-state index in [9.17, 15) is 18.0 Å². The second-order valence-corrected chi connectivity index (χ2v) is 10.5. The first-order valence-electron chi connectivity index (χ1n) is 12.9. The van der Waals surface area contributed by atoms with E-state index >= 15 is 0 Å². The third kappa shape index (κ3) is 7.62. The van der Waals surface area contributed by atoms with Crippen molar-refractivity contribution in [2.75, 3.05) is 12.4 Å². The molecule has 0 aliphatic carbocycles. The number of hydrogen-bond acceptors (Lipinski definition) is 7. The minimum Gasteiger partial charge on any atom is -0.493 e. The van der Waals surface area contributed by atoms with E-state index < -0.39 is 17.6 Å². The van der Waals surface area contributed by atoms with E-state index in [1.54, 1.807) is 17.5 Å². The number of nitrogens with zero attached hydrogens (tertiary/aromatic N) is 2. The standard InChI is InChI=1S/C31H24ClF3N4O3S/c1-41-27-13-19(12-26(32)29(27)42-17-21-8-4-7-20-6-2-3-11-25(20)21)16-36-39-28(40)15-24-18-43-30(38-24)37-23-10-5-9-22(14-23)31(33,34)35/h2-14,16,18H,15,17H2,1H3,(H,37,38)(H,39,40)/b36-16-. The fourth-order valence-corrected chi connectivity index (χ4v) is 5.25. The molecule has 43 heavy (non-hydrogen) atoms. The highest BCUT2D eigenvalue weighted by molar-refractivity contribution is 7.13. The van der Waals surface area contributed by atoms with Gasteiger partial charge in [-0.2, -0.15) is 18.3 Å². The summed E-state index contributed by atoms with van der Waals surface area (Å²) in [6.45, 7) is 0.286. The molecule has 1 aromatic heterocycles. The van der Waals surface area contributed by atoms with E-state index in [1.807, 2.05) is 42.5 Å². The highest BCUT2D eigenvalue weighted by atomic mass is 35.5. The maximum Gasteiger partial charge on any atom is 0.416 e. The molecule has 0 atom stereocenters. The Balaban J connectivity index is 1.17. The lowest BCUT2D eigenvalue weighted by Gasteiger charge is -2.14. The number of anilines is 2. The Morgan fingerprint density at radius 1 is 1.07 bits per heavy atom. The number of benzene rings is 4. The van der Waals surface area contributed by atoms with Crippen LogP contribution in [0.3, 0.4) is 0 Å². The molecule has 0 fully saturated rings. The number of ether oxygens (including phenoxy) is 2. The topological polar surface area (TPSA) is 84.8 Å². The molecule has 0 aliphatic heterocycles. The Morgan fingerprint density at radius 3 is 2.67 bits per heavy atom. The van der Waals surface area contributed by atoms with Gasteiger partial charge in [0.2, 0.25) is 5.91 Å². The minimum atomic E-state index is -4.45. The van der Waals surface area contributed by atoms with Crippen molar-refractivity contribution in [1.82, 2.24) is 10.4 Å². The Labute approximate surface area is 253 Å². The summed E-state index contributed by atoms with van der Waals surface area (Å²) in [6.07, 6.45) is -3.11. The molecule has 1 heterocycles. The van der Waals surface area contributed by atoms with Crippen LogP contribution in [0.4, 0.5) is 24.0 Å². The predicted octanol–water partition coefficient (Wildman–Crippen LogP) is 7.99. The third-order valence-corrected chi connectivity index (χ3v) is 7.33.